The molecule has 0 aliphatic rings. The average molecular weight is 420 g/mol. The average Bonchev–Trinajstić information content (AvgIpc) is 3.28. The van der Waals surface area contributed by atoms with E-state index in [4.69, 9.17) is 0 Å². The predicted octanol–water partition coefficient (Wildman–Crippen LogP) is 4.05. The number of anilines is 1. The monoisotopic (exact) mass is 420 g/mol. The van der Waals surface area contributed by atoms with Crippen LogP contribution in [0.25, 0.3) is 5.69 Å². The van der Waals surface area contributed by atoms with Crippen LogP contribution in [0.4, 0.5) is 10.1 Å². The van der Waals surface area contributed by atoms with Crippen LogP contribution in [-0.2, 0) is 5.75 Å². The molecule has 0 atom stereocenters. The van der Waals surface area contributed by atoms with Crippen LogP contribution in [0.1, 0.15) is 21.5 Å². The molecule has 2 aromatic heterocycles. The van der Waals surface area contributed by atoms with E-state index < -0.39 is 0 Å². The summed E-state index contributed by atoms with van der Waals surface area (Å²) in [6.45, 7) is 1.92. The molecule has 9 heteroatoms. The molecule has 150 valence electrons. The summed E-state index contributed by atoms with van der Waals surface area (Å²) in [5.74, 6) is 0.0551. The van der Waals surface area contributed by atoms with E-state index in [1.807, 2.05) is 19.1 Å². The van der Waals surface area contributed by atoms with Gasteiger partial charge >= 0.3 is 0 Å². The van der Waals surface area contributed by atoms with Gasteiger partial charge in [0.25, 0.3) is 5.91 Å². The molecule has 0 aliphatic heterocycles. The molecule has 0 unspecified atom stereocenters. The van der Waals surface area contributed by atoms with Gasteiger partial charge in [0.2, 0.25) is 0 Å². The molecule has 4 aromatic rings. The van der Waals surface area contributed by atoms with E-state index in [9.17, 15) is 9.18 Å². The fourth-order valence-electron chi connectivity index (χ4n) is 2.87. The van der Waals surface area contributed by atoms with Gasteiger partial charge in [-0.3, -0.25) is 4.79 Å². The molecule has 0 spiro atoms. The molecular weight excluding hydrogens is 403 g/mol. The first kappa shape index (κ1) is 19.7. The van der Waals surface area contributed by atoms with Crippen LogP contribution in [0.15, 0.2) is 72.1 Å². The van der Waals surface area contributed by atoms with Crippen molar-refractivity contribution in [3.8, 4) is 5.69 Å². The summed E-state index contributed by atoms with van der Waals surface area (Å²) in [5.41, 5.74) is 3.83. The van der Waals surface area contributed by atoms with Gasteiger partial charge in [-0.25, -0.2) is 14.1 Å². The highest BCUT2D eigenvalue weighted by atomic mass is 32.2. The lowest BCUT2D eigenvalue weighted by Crippen LogP contribution is -2.14. The zero-order valence-corrected chi connectivity index (χ0v) is 16.8. The number of tetrazole rings is 1. The van der Waals surface area contributed by atoms with E-state index in [0.717, 1.165) is 16.8 Å². The van der Waals surface area contributed by atoms with Gasteiger partial charge in [-0.1, -0.05) is 12.1 Å². The van der Waals surface area contributed by atoms with Gasteiger partial charge < -0.3 is 5.32 Å². The van der Waals surface area contributed by atoms with Gasteiger partial charge in [-0.2, -0.15) is 0 Å². The Hall–Kier alpha value is -3.59. The Morgan fingerprint density at radius 3 is 2.73 bits per heavy atom. The molecule has 0 saturated heterocycles. The third-order valence-electron chi connectivity index (χ3n) is 4.36. The highest BCUT2D eigenvalue weighted by Gasteiger charge is 2.14. The van der Waals surface area contributed by atoms with Crippen molar-refractivity contribution >= 4 is 23.4 Å². The van der Waals surface area contributed by atoms with Crippen molar-refractivity contribution in [3.63, 3.8) is 0 Å². The molecule has 30 heavy (non-hydrogen) atoms. The number of hydrogen-bond donors (Lipinski definition) is 1. The van der Waals surface area contributed by atoms with E-state index in [-0.39, 0.29) is 11.7 Å². The summed E-state index contributed by atoms with van der Waals surface area (Å²) < 4.78 is 14.6. The minimum atomic E-state index is -0.275. The lowest BCUT2D eigenvalue weighted by atomic mass is 10.1. The number of nitrogens with one attached hydrogen (secondary N) is 1. The molecule has 2 heterocycles. The summed E-state index contributed by atoms with van der Waals surface area (Å²) >= 11 is 1.43. The van der Waals surface area contributed by atoms with Crippen molar-refractivity contribution in [2.75, 3.05) is 5.32 Å². The number of rotatable bonds is 6. The second kappa shape index (κ2) is 8.83. The molecule has 0 fully saturated rings. The summed E-state index contributed by atoms with van der Waals surface area (Å²) in [4.78, 5) is 17.2. The molecular formula is C21H17FN6OS. The van der Waals surface area contributed by atoms with Gasteiger partial charge in [0.1, 0.15) is 17.2 Å². The largest absolute Gasteiger partial charge is 0.322 e. The summed E-state index contributed by atoms with van der Waals surface area (Å²) in [7, 11) is 0. The number of hydrogen-bond acceptors (Lipinski definition) is 6. The van der Waals surface area contributed by atoms with Crippen LogP contribution >= 0.6 is 11.8 Å². The Balaban J connectivity index is 1.48. The first-order valence-corrected chi connectivity index (χ1v) is 10.1. The van der Waals surface area contributed by atoms with Crippen molar-refractivity contribution < 1.29 is 9.18 Å². The van der Waals surface area contributed by atoms with E-state index in [2.05, 4.69) is 25.8 Å². The maximum Gasteiger partial charge on any atom is 0.258 e. The number of aryl methyl sites for hydroxylation is 1. The van der Waals surface area contributed by atoms with E-state index >= 15 is 0 Å². The molecule has 1 amide bonds. The predicted molar refractivity (Wildman–Crippen MR) is 112 cm³/mol. The lowest BCUT2D eigenvalue weighted by molar-refractivity contribution is 0.102. The highest BCUT2D eigenvalue weighted by molar-refractivity contribution is 7.98. The van der Waals surface area contributed by atoms with Crippen molar-refractivity contribution in [1.82, 2.24) is 25.2 Å². The number of amides is 1. The molecule has 1 N–H and O–H groups in total. The van der Waals surface area contributed by atoms with Crippen molar-refractivity contribution in [2.24, 2.45) is 0 Å². The molecule has 0 bridgehead atoms. The minimum Gasteiger partial charge on any atom is -0.322 e. The summed E-state index contributed by atoms with van der Waals surface area (Å²) in [6, 6.07) is 15.2. The first-order valence-electron chi connectivity index (χ1n) is 9.08. The zero-order chi connectivity index (χ0) is 20.9. The number of nitrogens with zero attached hydrogens (tertiary/aromatic N) is 5. The second-order valence-corrected chi connectivity index (χ2v) is 7.45. The van der Waals surface area contributed by atoms with Crippen LogP contribution in [0.5, 0.6) is 0 Å². The Labute approximate surface area is 176 Å². The van der Waals surface area contributed by atoms with Crippen LogP contribution in [0.2, 0.25) is 0 Å². The van der Waals surface area contributed by atoms with Crippen molar-refractivity contribution in [3.05, 3.63) is 89.6 Å². The van der Waals surface area contributed by atoms with Crippen LogP contribution in [0.3, 0.4) is 0 Å². The van der Waals surface area contributed by atoms with Gasteiger partial charge in [0, 0.05) is 17.6 Å². The van der Waals surface area contributed by atoms with Crippen LogP contribution in [-0.4, -0.2) is 31.1 Å². The third-order valence-corrected chi connectivity index (χ3v) is 5.43. The Morgan fingerprint density at radius 1 is 1.17 bits per heavy atom. The van der Waals surface area contributed by atoms with Crippen molar-refractivity contribution in [1.29, 1.82) is 0 Å². The fourth-order valence-corrected chi connectivity index (χ4v) is 3.82. The van der Waals surface area contributed by atoms with E-state index in [1.54, 1.807) is 41.2 Å². The van der Waals surface area contributed by atoms with Crippen LogP contribution < -0.4 is 5.32 Å². The number of aromatic nitrogens is 5. The third kappa shape index (κ3) is 4.52. The Morgan fingerprint density at radius 2 is 2.00 bits per heavy atom. The maximum atomic E-state index is 13.1. The molecule has 0 saturated carbocycles. The Bertz CT molecular complexity index is 1160. The number of carbonyl (C=O) groups excluding carboxylic acids is 1. The number of pyridine rings is 1. The normalized spacial score (nSPS) is 10.7. The molecule has 0 aliphatic carbocycles. The number of benzene rings is 2. The number of thioether (sulfide) groups is 1. The molecule has 0 radical (unpaired) electrons. The van der Waals surface area contributed by atoms with Gasteiger partial charge in [-0.05, 0) is 70.9 Å². The van der Waals surface area contributed by atoms with E-state index in [0.29, 0.717) is 22.0 Å². The standard InChI is InChI=1S/C21H17FN6OS/c1-14-11-17(8-9-19(14)28-13-24-26-27-28)25-20(29)18-3-2-10-23-21(18)30-12-15-4-6-16(22)7-5-15/h2-11,13H,12H2,1H3,(H,25,29). The summed E-state index contributed by atoms with van der Waals surface area (Å²) in [6.07, 6.45) is 3.16. The topological polar surface area (TPSA) is 85.6 Å². The minimum absolute atomic E-state index is 0.251. The lowest BCUT2D eigenvalue weighted by Gasteiger charge is -2.11. The number of halogens is 1. The molecule has 7 nitrogen and oxygen atoms in total. The van der Waals surface area contributed by atoms with Gasteiger partial charge in [0.15, 0.2) is 0 Å². The smallest absolute Gasteiger partial charge is 0.258 e. The highest BCUT2D eigenvalue weighted by Crippen LogP contribution is 2.25. The quantitative estimate of drug-likeness (QED) is 0.474. The summed E-state index contributed by atoms with van der Waals surface area (Å²) in [5, 5.41) is 14.7. The van der Waals surface area contributed by atoms with Crippen LogP contribution in [0, 0.1) is 12.7 Å². The number of carbonyl (C=O) groups is 1. The second-order valence-electron chi connectivity index (χ2n) is 6.48. The first-order chi connectivity index (χ1) is 14.6. The zero-order valence-electron chi connectivity index (χ0n) is 16.0. The van der Waals surface area contributed by atoms with Gasteiger partial charge in [0.05, 0.1) is 11.3 Å². The SMILES string of the molecule is Cc1cc(NC(=O)c2cccnc2SCc2ccc(F)cc2)ccc1-n1cnnn1. The van der Waals surface area contributed by atoms with Crippen molar-refractivity contribution in [2.45, 2.75) is 17.7 Å². The Kier molecular flexibility index (Phi) is 5.80. The van der Waals surface area contributed by atoms with Gasteiger partial charge in [-0.15, -0.1) is 16.9 Å². The molecule has 4 rings (SSSR count). The molecule has 2 aromatic carbocycles. The van der Waals surface area contributed by atoms with E-state index in [1.165, 1.54) is 30.2 Å². The fraction of sp³-hybridized carbons (Fsp3) is 0.0952. The maximum absolute atomic E-state index is 13.1.